The second-order valence-corrected chi connectivity index (χ2v) is 5.64. The number of amides is 1. The van der Waals surface area contributed by atoms with Crippen molar-refractivity contribution in [3.63, 3.8) is 0 Å². The number of hydrogen-bond acceptors (Lipinski definition) is 3. The standard InChI is InChI=1S/C19H24N2O2/c1-15(21(2)18-7-5-4-6-8-18)13-20-19(22)17-11-9-16(10-12-17)14-23-3/h4-12,15H,13-14H2,1-3H3,(H,20,22)/t15-/m0/s1. The van der Waals surface area contributed by atoms with Crippen LogP contribution in [0.25, 0.3) is 0 Å². The number of carbonyl (C=O) groups excluding carboxylic acids is 1. The first kappa shape index (κ1) is 17.0. The fraction of sp³-hybridized carbons (Fsp3) is 0.316. The van der Waals surface area contributed by atoms with E-state index in [2.05, 4.69) is 29.3 Å². The van der Waals surface area contributed by atoms with Gasteiger partial charge in [-0.3, -0.25) is 4.79 Å². The summed E-state index contributed by atoms with van der Waals surface area (Å²) in [7, 11) is 3.69. The third-order valence-electron chi connectivity index (χ3n) is 3.91. The molecule has 1 amide bonds. The minimum atomic E-state index is -0.0534. The summed E-state index contributed by atoms with van der Waals surface area (Å²) >= 11 is 0. The highest BCUT2D eigenvalue weighted by Crippen LogP contribution is 2.13. The number of anilines is 1. The second kappa shape index (κ2) is 8.34. The lowest BCUT2D eigenvalue weighted by molar-refractivity contribution is 0.0951. The first-order valence-electron chi connectivity index (χ1n) is 7.75. The van der Waals surface area contributed by atoms with E-state index in [0.29, 0.717) is 18.7 Å². The molecule has 0 saturated carbocycles. The number of rotatable bonds is 7. The molecule has 0 fully saturated rings. The van der Waals surface area contributed by atoms with Crippen LogP contribution in [0, 0.1) is 0 Å². The summed E-state index contributed by atoms with van der Waals surface area (Å²) < 4.78 is 5.07. The Hall–Kier alpha value is -2.33. The third kappa shape index (κ3) is 4.83. The molecule has 0 aromatic heterocycles. The summed E-state index contributed by atoms with van der Waals surface area (Å²) in [6, 6.07) is 17.8. The number of hydrogen-bond donors (Lipinski definition) is 1. The van der Waals surface area contributed by atoms with Crippen molar-refractivity contribution in [1.82, 2.24) is 5.32 Å². The van der Waals surface area contributed by atoms with Crippen LogP contribution in [0.15, 0.2) is 54.6 Å². The molecule has 23 heavy (non-hydrogen) atoms. The average molecular weight is 312 g/mol. The van der Waals surface area contributed by atoms with Gasteiger partial charge in [0.05, 0.1) is 6.61 Å². The van der Waals surface area contributed by atoms with E-state index in [-0.39, 0.29) is 11.9 Å². The average Bonchev–Trinajstić information content (AvgIpc) is 2.60. The van der Waals surface area contributed by atoms with Gasteiger partial charge in [-0.05, 0) is 36.8 Å². The fourth-order valence-electron chi connectivity index (χ4n) is 2.32. The normalized spacial score (nSPS) is 11.8. The van der Waals surface area contributed by atoms with Gasteiger partial charge in [0, 0.05) is 38.0 Å². The van der Waals surface area contributed by atoms with Gasteiger partial charge in [-0.1, -0.05) is 30.3 Å². The highest BCUT2D eigenvalue weighted by Gasteiger charge is 2.12. The molecule has 4 nitrogen and oxygen atoms in total. The molecule has 2 aromatic rings. The van der Waals surface area contributed by atoms with Gasteiger partial charge in [-0.2, -0.15) is 0 Å². The molecule has 1 N–H and O–H groups in total. The zero-order chi connectivity index (χ0) is 16.7. The Balaban J connectivity index is 1.88. The number of nitrogens with one attached hydrogen (secondary N) is 1. The summed E-state index contributed by atoms with van der Waals surface area (Å²) in [6.07, 6.45) is 0. The van der Waals surface area contributed by atoms with Gasteiger partial charge >= 0.3 is 0 Å². The fourth-order valence-corrected chi connectivity index (χ4v) is 2.32. The lowest BCUT2D eigenvalue weighted by Gasteiger charge is -2.27. The van der Waals surface area contributed by atoms with E-state index >= 15 is 0 Å². The molecule has 0 bridgehead atoms. The van der Waals surface area contributed by atoms with Crippen molar-refractivity contribution in [3.05, 3.63) is 65.7 Å². The quantitative estimate of drug-likeness (QED) is 0.854. The molecule has 0 heterocycles. The van der Waals surface area contributed by atoms with Crippen molar-refractivity contribution in [2.24, 2.45) is 0 Å². The molecule has 2 rings (SSSR count). The summed E-state index contributed by atoms with van der Waals surface area (Å²) in [5.74, 6) is -0.0534. The number of para-hydroxylation sites is 1. The molecule has 122 valence electrons. The predicted octanol–water partition coefficient (Wildman–Crippen LogP) is 3.09. The van der Waals surface area contributed by atoms with E-state index < -0.39 is 0 Å². The van der Waals surface area contributed by atoms with Crippen LogP contribution in [-0.2, 0) is 11.3 Å². The first-order chi connectivity index (χ1) is 11.1. The molecule has 1 atom stereocenters. The highest BCUT2D eigenvalue weighted by atomic mass is 16.5. The number of carbonyl (C=O) groups is 1. The number of benzene rings is 2. The lowest BCUT2D eigenvalue weighted by Crippen LogP contribution is -2.40. The molecule has 2 aromatic carbocycles. The molecule has 0 unspecified atom stereocenters. The molecule has 0 aliphatic heterocycles. The molecule has 0 aliphatic rings. The number of nitrogens with zero attached hydrogens (tertiary/aromatic N) is 1. The molecule has 0 radical (unpaired) electrons. The first-order valence-corrected chi connectivity index (χ1v) is 7.75. The number of ether oxygens (including phenoxy) is 1. The van der Waals surface area contributed by atoms with Gasteiger partial charge in [0.15, 0.2) is 0 Å². The van der Waals surface area contributed by atoms with Crippen LogP contribution < -0.4 is 10.2 Å². The zero-order valence-corrected chi connectivity index (χ0v) is 14.0. The molecule has 4 heteroatoms. The van der Waals surface area contributed by atoms with Crippen molar-refractivity contribution >= 4 is 11.6 Å². The Morgan fingerprint density at radius 3 is 2.39 bits per heavy atom. The highest BCUT2D eigenvalue weighted by molar-refractivity contribution is 5.94. The minimum Gasteiger partial charge on any atom is -0.380 e. The molecule has 0 spiro atoms. The van der Waals surface area contributed by atoms with Crippen LogP contribution in [0.3, 0.4) is 0 Å². The Morgan fingerprint density at radius 2 is 1.78 bits per heavy atom. The van der Waals surface area contributed by atoms with Crippen LogP contribution in [0.4, 0.5) is 5.69 Å². The van der Waals surface area contributed by atoms with E-state index in [9.17, 15) is 4.79 Å². The lowest BCUT2D eigenvalue weighted by atomic mass is 10.1. The topological polar surface area (TPSA) is 41.6 Å². The summed E-state index contributed by atoms with van der Waals surface area (Å²) in [6.45, 7) is 3.24. The zero-order valence-electron chi connectivity index (χ0n) is 14.0. The van der Waals surface area contributed by atoms with E-state index in [1.165, 1.54) is 0 Å². The Labute approximate surface area is 138 Å². The van der Waals surface area contributed by atoms with Crippen molar-refractivity contribution < 1.29 is 9.53 Å². The second-order valence-electron chi connectivity index (χ2n) is 5.64. The van der Waals surface area contributed by atoms with Crippen LogP contribution in [0.2, 0.25) is 0 Å². The Bertz CT molecular complexity index is 611. The maximum Gasteiger partial charge on any atom is 0.251 e. The van der Waals surface area contributed by atoms with Gasteiger partial charge in [-0.15, -0.1) is 0 Å². The summed E-state index contributed by atoms with van der Waals surface area (Å²) in [5, 5.41) is 2.99. The SMILES string of the molecule is COCc1ccc(C(=O)NC[C@H](C)N(C)c2ccccc2)cc1. The van der Waals surface area contributed by atoms with E-state index in [0.717, 1.165) is 11.3 Å². The van der Waals surface area contributed by atoms with Crippen LogP contribution in [0.5, 0.6) is 0 Å². The van der Waals surface area contributed by atoms with E-state index in [1.807, 2.05) is 49.5 Å². The number of methoxy groups -OCH3 is 1. The predicted molar refractivity (Wildman–Crippen MR) is 93.8 cm³/mol. The van der Waals surface area contributed by atoms with E-state index in [1.54, 1.807) is 7.11 Å². The van der Waals surface area contributed by atoms with Gasteiger partial charge in [0.2, 0.25) is 0 Å². The monoisotopic (exact) mass is 312 g/mol. The van der Waals surface area contributed by atoms with Gasteiger partial charge in [-0.25, -0.2) is 0 Å². The van der Waals surface area contributed by atoms with Crippen molar-refractivity contribution in [1.29, 1.82) is 0 Å². The minimum absolute atomic E-state index is 0.0534. The van der Waals surface area contributed by atoms with Crippen LogP contribution >= 0.6 is 0 Å². The molecular weight excluding hydrogens is 288 g/mol. The van der Waals surface area contributed by atoms with Gasteiger partial charge in [0.25, 0.3) is 5.91 Å². The molecule has 0 aliphatic carbocycles. The number of likely N-dealkylation sites (N-methyl/N-ethyl adjacent to an activating group) is 1. The Kier molecular flexibility index (Phi) is 6.18. The summed E-state index contributed by atoms with van der Waals surface area (Å²) in [5.41, 5.74) is 2.86. The van der Waals surface area contributed by atoms with Crippen molar-refractivity contribution in [3.8, 4) is 0 Å². The molecular formula is C19H24N2O2. The van der Waals surface area contributed by atoms with Gasteiger partial charge < -0.3 is 15.0 Å². The van der Waals surface area contributed by atoms with Crippen molar-refractivity contribution in [2.45, 2.75) is 19.6 Å². The maximum absolute atomic E-state index is 12.2. The Morgan fingerprint density at radius 1 is 1.13 bits per heavy atom. The largest absolute Gasteiger partial charge is 0.380 e. The summed E-state index contributed by atoms with van der Waals surface area (Å²) in [4.78, 5) is 14.4. The third-order valence-corrected chi connectivity index (χ3v) is 3.91. The smallest absolute Gasteiger partial charge is 0.251 e. The van der Waals surface area contributed by atoms with Crippen molar-refractivity contribution in [2.75, 3.05) is 25.6 Å². The molecule has 0 saturated heterocycles. The van der Waals surface area contributed by atoms with E-state index in [4.69, 9.17) is 4.74 Å². The van der Waals surface area contributed by atoms with Gasteiger partial charge in [0.1, 0.15) is 0 Å². The van der Waals surface area contributed by atoms with Crippen LogP contribution in [0.1, 0.15) is 22.8 Å². The van der Waals surface area contributed by atoms with Crippen LogP contribution in [-0.4, -0.2) is 32.7 Å². The maximum atomic E-state index is 12.2.